The zero-order chi connectivity index (χ0) is 14.7. The van der Waals surface area contributed by atoms with Crippen molar-refractivity contribution in [2.24, 2.45) is 0 Å². The number of benzene rings is 1. The van der Waals surface area contributed by atoms with Crippen LogP contribution in [-0.2, 0) is 0 Å². The third-order valence-electron chi connectivity index (χ3n) is 2.85. The van der Waals surface area contributed by atoms with E-state index in [1.807, 2.05) is 6.92 Å². The van der Waals surface area contributed by atoms with Crippen molar-refractivity contribution in [3.05, 3.63) is 57.8 Å². The molecule has 1 aromatic heterocycles. The molecule has 3 N–H and O–H groups in total. The predicted octanol–water partition coefficient (Wildman–Crippen LogP) is 3.46. The molecule has 6 heteroatoms. The Morgan fingerprint density at radius 2 is 2.05 bits per heavy atom. The first-order valence-corrected chi connectivity index (χ1v) is 6.71. The van der Waals surface area contributed by atoms with Gasteiger partial charge in [-0.25, -0.2) is 4.98 Å². The fourth-order valence-electron chi connectivity index (χ4n) is 1.74. The van der Waals surface area contributed by atoms with Gasteiger partial charge in [-0.05, 0) is 36.8 Å². The summed E-state index contributed by atoms with van der Waals surface area (Å²) in [6.45, 7) is 1.84. The average Bonchev–Trinajstić information content (AvgIpc) is 2.42. The van der Waals surface area contributed by atoms with Gasteiger partial charge >= 0.3 is 0 Å². The van der Waals surface area contributed by atoms with E-state index in [9.17, 15) is 4.79 Å². The predicted molar refractivity (Wildman–Crippen MR) is 81.0 cm³/mol. The number of rotatable bonds is 3. The highest BCUT2D eigenvalue weighted by Gasteiger charge is 2.15. The minimum atomic E-state index is -0.332. The van der Waals surface area contributed by atoms with E-state index in [2.05, 4.69) is 10.3 Å². The van der Waals surface area contributed by atoms with Crippen LogP contribution in [0.3, 0.4) is 0 Å². The summed E-state index contributed by atoms with van der Waals surface area (Å²) < 4.78 is 0. The Hall–Kier alpha value is -1.78. The Morgan fingerprint density at radius 1 is 1.30 bits per heavy atom. The maximum atomic E-state index is 12.1. The minimum Gasteiger partial charge on any atom is -0.397 e. The number of halogens is 2. The summed E-state index contributed by atoms with van der Waals surface area (Å²) in [5, 5.41) is 3.74. The van der Waals surface area contributed by atoms with Gasteiger partial charge in [-0.3, -0.25) is 4.79 Å². The molecule has 1 amide bonds. The molecule has 1 aromatic carbocycles. The van der Waals surface area contributed by atoms with Crippen molar-refractivity contribution in [2.45, 2.75) is 13.0 Å². The highest BCUT2D eigenvalue weighted by atomic mass is 35.5. The van der Waals surface area contributed by atoms with Gasteiger partial charge in [-0.1, -0.05) is 29.3 Å². The molecule has 0 aliphatic rings. The maximum Gasteiger partial charge on any atom is 0.272 e. The van der Waals surface area contributed by atoms with Gasteiger partial charge in [0.1, 0.15) is 0 Å². The Balaban J connectivity index is 2.15. The average molecular weight is 310 g/mol. The number of nitrogens with two attached hydrogens (primary N) is 1. The van der Waals surface area contributed by atoms with Crippen molar-refractivity contribution < 1.29 is 4.79 Å². The second-order valence-corrected chi connectivity index (χ2v) is 5.12. The van der Waals surface area contributed by atoms with Crippen molar-refractivity contribution in [2.75, 3.05) is 5.73 Å². The first kappa shape index (κ1) is 14.6. The molecule has 2 rings (SSSR count). The number of nitrogen functional groups attached to an aromatic ring is 1. The molecule has 104 valence electrons. The lowest BCUT2D eigenvalue weighted by Crippen LogP contribution is -2.28. The van der Waals surface area contributed by atoms with Crippen molar-refractivity contribution in [3.8, 4) is 0 Å². The number of nitrogens with one attached hydrogen (secondary N) is 1. The molecule has 4 nitrogen and oxygen atoms in total. The molecule has 0 aliphatic heterocycles. The summed E-state index contributed by atoms with van der Waals surface area (Å²) in [4.78, 5) is 16.1. The zero-order valence-electron chi connectivity index (χ0n) is 10.7. The van der Waals surface area contributed by atoms with Gasteiger partial charge in [-0.2, -0.15) is 0 Å². The van der Waals surface area contributed by atoms with E-state index in [1.54, 1.807) is 30.3 Å². The fraction of sp³-hybridized carbons (Fsp3) is 0.143. The molecule has 0 aliphatic carbocycles. The standard InChI is InChI=1S/C14H13Cl2N3O/c1-8(9-4-5-10(15)11(16)7-9)19-14(20)13-12(17)3-2-6-18-13/h2-8H,17H2,1H3,(H,19,20). The van der Waals surface area contributed by atoms with Crippen LogP contribution in [0.4, 0.5) is 5.69 Å². The molecular formula is C14H13Cl2N3O. The monoisotopic (exact) mass is 309 g/mol. The Bertz CT molecular complexity index is 646. The lowest BCUT2D eigenvalue weighted by molar-refractivity contribution is 0.0936. The number of nitrogens with zero attached hydrogens (tertiary/aromatic N) is 1. The lowest BCUT2D eigenvalue weighted by Gasteiger charge is -2.15. The van der Waals surface area contributed by atoms with Gasteiger partial charge in [0.15, 0.2) is 5.69 Å². The third-order valence-corrected chi connectivity index (χ3v) is 3.58. The number of pyridine rings is 1. The number of hydrogen-bond donors (Lipinski definition) is 2. The molecule has 0 bridgehead atoms. The Labute approximate surface area is 126 Å². The highest BCUT2D eigenvalue weighted by Crippen LogP contribution is 2.25. The number of anilines is 1. The summed E-state index contributed by atoms with van der Waals surface area (Å²) >= 11 is 11.8. The first-order chi connectivity index (χ1) is 9.49. The Morgan fingerprint density at radius 3 is 2.70 bits per heavy atom. The van der Waals surface area contributed by atoms with Crippen LogP contribution in [0, 0.1) is 0 Å². The first-order valence-electron chi connectivity index (χ1n) is 5.95. The minimum absolute atomic E-state index is 0.208. The number of amides is 1. The molecular weight excluding hydrogens is 297 g/mol. The van der Waals surface area contributed by atoms with Crippen LogP contribution in [-0.4, -0.2) is 10.9 Å². The second-order valence-electron chi connectivity index (χ2n) is 4.31. The van der Waals surface area contributed by atoms with Crippen molar-refractivity contribution in [3.63, 3.8) is 0 Å². The molecule has 20 heavy (non-hydrogen) atoms. The van der Waals surface area contributed by atoms with E-state index in [0.717, 1.165) is 5.56 Å². The molecule has 0 saturated carbocycles. The molecule has 0 radical (unpaired) electrons. The highest BCUT2D eigenvalue weighted by molar-refractivity contribution is 6.42. The molecule has 1 unspecified atom stereocenters. The van der Waals surface area contributed by atoms with Gasteiger partial charge < -0.3 is 11.1 Å². The van der Waals surface area contributed by atoms with Crippen LogP contribution in [0.5, 0.6) is 0 Å². The summed E-state index contributed by atoms with van der Waals surface area (Å²) in [5.41, 5.74) is 7.11. The lowest BCUT2D eigenvalue weighted by atomic mass is 10.1. The number of hydrogen-bond acceptors (Lipinski definition) is 3. The fourth-order valence-corrected chi connectivity index (χ4v) is 2.04. The molecule has 0 fully saturated rings. The third kappa shape index (κ3) is 3.21. The van der Waals surface area contributed by atoms with E-state index in [0.29, 0.717) is 15.7 Å². The number of aromatic nitrogens is 1. The largest absolute Gasteiger partial charge is 0.397 e. The SMILES string of the molecule is CC(NC(=O)c1ncccc1N)c1ccc(Cl)c(Cl)c1. The number of carbonyl (C=O) groups is 1. The second kappa shape index (κ2) is 6.11. The van der Waals surface area contributed by atoms with E-state index in [-0.39, 0.29) is 17.6 Å². The van der Waals surface area contributed by atoms with E-state index in [1.165, 1.54) is 6.20 Å². The summed E-state index contributed by atoms with van der Waals surface area (Å²) in [6, 6.07) is 8.29. The van der Waals surface area contributed by atoms with Crippen molar-refractivity contribution in [1.82, 2.24) is 10.3 Å². The van der Waals surface area contributed by atoms with Crippen LogP contribution >= 0.6 is 23.2 Å². The van der Waals surface area contributed by atoms with Gasteiger partial charge in [0.2, 0.25) is 0 Å². The van der Waals surface area contributed by atoms with Crippen molar-refractivity contribution >= 4 is 34.8 Å². The molecule has 0 saturated heterocycles. The van der Waals surface area contributed by atoms with Crippen LogP contribution < -0.4 is 11.1 Å². The maximum absolute atomic E-state index is 12.1. The summed E-state index contributed by atoms with van der Waals surface area (Å²) in [6.07, 6.45) is 1.52. The van der Waals surface area contributed by atoms with Gasteiger partial charge in [0, 0.05) is 6.20 Å². The van der Waals surface area contributed by atoms with Crippen LogP contribution in [0.25, 0.3) is 0 Å². The quantitative estimate of drug-likeness (QED) is 0.912. The van der Waals surface area contributed by atoms with Gasteiger partial charge in [0.05, 0.1) is 21.8 Å². The van der Waals surface area contributed by atoms with Crippen LogP contribution in [0.2, 0.25) is 10.0 Å². The van der Waals surface area contributed by atoms with E-state index in [4.69, 9.17) is 28.9 Å². The Kier molecular flexibility index (Phi) is 4.47. The van der Waals surface area contributed by atoms with Gasteiger partial charge in [-0.15, -0.1) is 0 Å². The molecule has 0 spiro atoms. The zero-order valence-corrected chi connectivity index (χ0v) is 12.2. The van der Waals surface area contributed by atoms with Crippen molar-refractivity contribution in [1.29, 1.82) is 0 Å². The topological polar surface area (TPSA) is 68.0 Å². The van der Waals surface area contributed by atoms with Crippen LogP contribution in [0.15, 0.2) is 36.5 Å². The van der Waals surface area contributed by atoms with Crippen LogP contribution in [0.1, 0.15) is 29.0 Å². The molecule has 1 heterocycles. The smallest absolute Gasteiger partial charge is 0.272 e. The normalized spacial score (nSPS) is 11.9. The summed E-state index contributed by atoms with van der Waals surface area (Å²) in [5.74, 6) is -0.332. The van der Waals surface area contributed by atoms with E-state index >= 15 is 0 Å². The molecule has 2 aromatic rings. The summed E-state index contributed by atoms with van der Waals surface area (Å²) in [7, 11) is 0. The van der Waals surface area contributed by atoms with Gasteiger partial charge in [0.25, 0.3) is 5.91 Å². The van der Waals surface area contributed by atoms with E-state index < -0.39 is 0 Å². The molecule has 1 atom stereocenters. The number of carbonyl (C=O) groups excluding carboxylic acids is 1.